The maximum Gasteiger partial charge on any atom is 0.412 e. The number of nitrogens with zero attached hydrogens (tertiary/aromatic N) is 1. The first-order valence-electron chi connectivity index (χ1n) is 6.26. The molecule has 0 aromatic rings. The molecule has 1 atom stereocenters. The number of halogens is 3. The second-order valence-electron chi connectivity index (χ2n) is 5.31. The largest absolute Gasteiger partial charge is 0.412 e. The molecule has 18 heavy (non-hydrogen) atoms. The van der Waals surface area contributed by atoms with E-state index in [9.17, 15) is 18.0 Å². The summed E-state index contributed by atoms with van der Waals surface area (Å²) in [5.41, 5.74) is -2.02. The number of hydrogen-bond donors (Lipinski definition) is 1. The molecule has 1 fully saturated rings. The van der Waals surface area contributed by atoms with Crippen molar-refractivity contribution in [1.82, 2.24) is 10.2 Å². The zero-order valence-corrected chi connectivity index (χ0v) is 11.1. The molecule has 1 heterocycles. The first-order valence-corrected chi connectivity index (χ1v) is 6.26. The lowest BCUT2D eigenvalue weighted by atomic mass is 9.94. The van der Waals surface area contributed by atoms with E-state index in [1.54, 1.807) is 0 Å². The summed E-state index contributed by atoms with van der Waals surface area (Å²) in [6.07, 6.45) is -3.83. The number of likely N-dealkylation sites (tertiary alicyclic amines) is 1. The van der Waals surface area contributed by atoms with Gasteiger partial charge in [0.2, 0.25) is 5.91 Å². The van der Waals surface area contributed by atoms with Gasteiger partial charge in [0.25, 0.3) is 0 Å². The molecule has 106 valence electrons. The first-order chi connectivity index (χ1) is 8.24. The second kappa shape index (κ2) is 5.47. The average molecular weight is 266 g/mol. The van der Waals surface area contributed by atoms with Crippen LogP contribution in [-0.4, -0.2) is 42.7 Å². The summed E-state index contributed by atoms with van der Waals surface area (Å²) in [5, 5.41) is 2.58. The molecule has 0 aromatic carbocycles. The number of likely N-dealkylation sites (N-methyl/N-ethyl adjacent to an activating group) is 1. The third kappa shape index (κ3) is 2.79. The molecule has 1 N–H and O–H groups in total. The summed E-state index contributed by atoms with van der Waals surface area (Å²) >= 11 is 0. The third-order valence-corrected chi connectivity index (χ3v) is 3.37. The number of nitrogens with one attached hydrogen (secondary N) is 1. The van der Waals surface area contributed by atoms with Crippen molar-refractivity contribution in [3.8, 4) is 0 Å². The summed E-state index contributed by atoms with van der Waals surface area (Å²) in [5.74, 6) is -0.325. The molecule has 6 heteroatoms. The standard InChI is InChI=1S/C12H21F3N2O/c1-9(2)7-10(18)17-6-4-5-11(17,8-16-3)12(13,14)15/h9,16H,4-8H2,1-3H3. The van der Waals surface area contributed by atoms with Crippen LogP contribution in [0.15, 0.2) is 0 Å². The van der Waals surface area contributed by atoms with Crippen LogP contribution in [0, 0.1) is 5.92 Å². The zero-order valence-electron chi connectivity index (χ0n) is 11.1. The Morgan fingerprint density at radius 3 is 2.50 bits per heavy atom. The predicted molar refractivity (Wildman–Crippen MR) is 63.1 cm³/mol. The van der Waals surface area contributed by atoms with Crippen LogP contribution in [0.4, 0.5) is 13.2 Å². The molecule has 0 aromatic heterocycles. The Morgan fingerprint density at radius 1 is 1.44 bits per heavy atom. The molecular formula is C12H21F3N2O. The number of carbonyl (C=O) groups excluding carboxylic acids is 1. The zero-order chi connectivity index (χ0) is 14.0. The molecular weight excluding hydrogens is 245 g/mol. The van der Waals surface area contributed by atoms with E-state index >= 15 is 0 Å². The van der Waals surface area contributed by atoms with Crippen LogP contribution in [0.25, 0.3) is 0 Å². The van der Waals surface area contributed by atoms with E-state index in [-0.39, 0.29) is 31.8 Å². The van der Waals surface area contributed by atoms with E-state index in [1.807, 2.05) is 13.8 Å². The minimum Gasteiger partial charge on any atom is -0.327 e. The van der Waals surface area contributed by atoms with Crippen molar-refractivity contribution in [2.75, 3.05) is 20.1 Å². The van der Waals surface area contributed by atoms with E-state index in [4.69, 9.17) is 0 Å². The minimum atomic E-state index is -4.39. The fraction of sp³-hybridized carbons (Fsp3) is 0.917. The molecule has 3 nitrogen and oxygen atoms in total. The molecule has 0 bridgehead atoms. The quantitative estimate of drug-likeness (QED) is 0.846. The van der Waals surface area contributed by atoms with E-state index < -0.39 is 17.6 Å². The second-order valence-corrected chi connectivity index (χ2v) is 5.31. The van der Waals surface area contributed by atoms with Crippen molar-refractivity contribution in [3.63, 3.8) is 0 Å². The van der Waals surface area contributed by atoms with Gasteiger partial charge in [-0.3, -0.25) is 4.79 Å². The van der Waals surface area contributed by atoms with Gasteiger partial charge in [0, 0.05) is 19.5 Å². The normalized spacial score (nSPS) is 24.9. The van der Waals surface area contributed by atoms with Gasteiger partial charge < -0.3 is 10.2 Å². The fourth-order valence-electron chi connectivity index (χ4n) is 2.57. The van der Waals surface area contributed by atoms with Crippen LogP contribution in [0.3, 0.4) is 0 Å². The molecule has 1 aliphatic heterocycles. The lowest BCUT2D eigenvalue weighted by Gasteiger charge is -2.40. The molecule has 0 radical (unpaired) electrons. The maximum atomic E-state index is 13.3. The van der Waals surface area contributed by atoms with Gasteiger partial charge in [0.05, 0.1) is 0 Å². The average Bonchev–Trinajstić information content (AvgIpc) is 2.61. The van der Waals surface area contributed by atoms with Gasteiger partial charge in [-0.25, -0.2) is 0 Å². The third-order valence-electron chi connectivity index (χ3n) is 3.37. The molecule has 0 spiro atoms. The lowest BCUT2D eigenvalue weighted by molar-refractivity contribution is -0.222. The van der Waals surface area contributed by atoms with Gasteiger partial charge >= 0.3 is 6.18 Å². The Morgan fingerprint density at radius 2 is 2.06 bits per heavy atom. The smallest absolute Gasteiger partial charge is 0.327 e. The van der Waals surface area contributed by atoms with Crippen LogP contribution in [0.2, 0.25) is 0 Å². The highest BCUT2D eigenvalue weighted by Crippen LogP contribution is 2.43. The van der Waals surface area contributed by atoms with Gasteiger partial charge in [0.15, 0.2) is 5.54 Å². The highest BCUT2D eigenvalue weighted by Gasteiger charge is 2.61. The Kier molecular flexibility index (Phi) is 4.64. The highest BCUT2D eigenvalue weighted by molar-refractivity contribution is 5.77. The predicted octanol–water partition coefficient (Wildman–Crippen LogP) is 2.18. The Labute approximate surface area is 106 Å². The number of carbonyl (C=O) groups is 1. The monoisotopic (exact) mass is 266 g/mol. The fourth-order valence-corrected chi connectivity index (χ4v) is 2.57. The molecule has 1 rings (SSSR count). The molecule has 0 aliphatic carbocycles. The van der Waals surface area contributed by atoms with E-state index in [2.05, 4.69) is 5.32 Å². The van der Waals surface area contributed by atoms with Crippen LogP contribution in [-0.2, 0) is 4.79 Å². The van der Waals surface area contributed by atoms with Crippen LogP contribution >= 0.6 is 0 Å². The van der Waals surface area contributed by atoms with Crippen LogP contribution in [0.1, 0.15) is 33.1 Å². The topological polar surface area (TPSA) is 32.3 Å². The van der Waals surface area contributed by atoms with E-state index in [0.717, 1.165) is 4.90 Å². The van der Waals surface area contributed by atoms with E-state index in [0.29, 0.717) is 6.42 Å². The summed E-state index contributed by atoms with van der Waals surface area (Å²) in [6.45, 7) is 3.63. The summed E-state index contributed by atoms with van der Waals surface area (Å²) in [6, 6.07) is 0. The first kappa shape index (κ1) is 15.3. The molecule has 1 amide bonds. The van der Waals surface area contributed by atoms with Crippen LogP contribution in [0.5, 0.6) is 0 Å². The van der Waals surface area contributed by atoms with Gasteiger partial charge in [-0.2, -0.15) is 13.2 Å². The number of rotatable bonds is 4. The van der Waals surface area contributed by atoms with Crippen LogP contribution < -0.4 is 5.32 Å². The summed E-state index contributed by atoms with van der Waals surface area (Å²) < 4.78 is 40.0. The summed E-state index contributed by atoms with van der Waals surface area (Å²) in [7, 11) is 1.48. The molecule has 1 saturated heterocycles. The van der Waals surface area contributed by atoms with Gasteiger partial charge in [-0.15, -0.1) is 0 Å². The number of hydrogen-bond acceptors (Lipinski definition) is 2. The number of alkyl halides is 3. The SMILES string of the molecule is CNCC1(C(F)(F)F)CCCN1C(=O)CC(C)C. The van der Waals surface area contributed by atoms with Crippen molar-refractivity contribution in [3.05, 3.63) is 0 Å². The minimum absolute atomic E-state index is 0.0127. The van der Waals surface area contributed by atoms with Gasteiger partial charge in [-0.1, -0.05) is 13.8 Å². The Hall–Kier alpha value is -0.780. The molecule has 1 aliphatic rings. The maximum absolute atomic E-state index is 13.3. The van der Waals surface area contributed by atoms with Gasteiger partial charge in [0.1, 0.15) is 0 Å². The van der Waals surface area contributed by atoms with Crippen molar-refractivity contribution >= 4 is 5.91 Å². The van der Waals surface area contributed by atoms with Gasteiger partial charge in [-0.05, 0) is 25.8 Å². The Bertz CT molecular complexity index is 304. The lowest BCUT2D eigenvalue weighted by Crippen LogP contribution is -2.62. The van der Waals surface area contributed by atoms with Crippen molar-refractivity contribution in [1.29, 1.82) is 0 Å². The molecule has 1 unspecified atom stereocenters. The van der Waals surface area contributed by atoms with E-state index in [1.165, 1.54) is 7.05 Å². The highest BCUT2D eigenvalue weighted by atomic mass is 19.4. The van der Waals surface area contributed by atoms with Crippen molar-refractivity contribution < 1.29 is 18.0 Å². The number of amides is 1. The Balaban J connectivity index is 2.98. The van der Waals surface area contributed by atoms with Crippen molar-refractivity contribution in [2.45, 2.75) is 44.8 Å². The molecule has 0 saturated carbocycles. The summed E-state index contributed by atoms with van der Waals surface area (Å²) in [4.78, 5) is 13.0. The van der Waals surface area contributed by atoms with Crippen molar-refractivity contribution in [2.24, 2.45) is 5.92 Å².